The molecular formula is C15H25BrN2. The summed E-state index contributed by atoms with van der Waals surface area (Å²) in [6.45, 7) is 9.89. The topological polar surface area (TPSA) is 15.3 Å². The lowest BCUT2D eigenvalue weighted by Gasteiger charge is -2.21. The van der Waals surface area contributed by atoms with Crippen LogP contribution in [-0.4, -0.2) is 31.1 Å². The summed E-state index contributed by atoms with van der Waals surface area (Å²) >= 11 is 3.46. The van der Waals surface area contributed by atoms with Gasteiger partial charge in [0.2, 0.25) is 0 Å². The van der Waals surface area contributed by atoms with Gasteiger partial charge in [0.25, 0.3) is 0 Å². The van der Waals surface area contributed by atoms with E-state index < -0.39 is 0 Å². The van der Waals surface area contributed by atoms with E-state index in [1.165, 1.54) is 5.56 Å². The Bertz CT molecular complexity index is 335. The van der Waals surface area contributed by atoms with Crippen molar-refractivity contribution in [3.8, 4) is 0 Å². The van der Waals surface area contributed by atoms with E-state index in [0.29, 0.717) is 12.0 Å². The maximum atomic E-state index is 3.56. The van der Waals surface area contributed by atoms with Gasteiger partial charge in [-0.15, -0.1) is 0 Å². The summed E-state index contributed by atoms with van der Waals surface area (Å²) < 4.78 is 1.14. The highest BCUT2D eigenvalue weighted by molar-refractivity contribution is 9.10. The average Bonchev–Trinajstić information content (AvgIpc) is 2.32. The van der Waals surface area contributed by atoms with Gasteiger partial charge in [0, 0.05) is 30.1 Å². The molecule has 1 unspecified atom stereocenters. The van der Waals surface area contributed by atoms with Crippen molar-refractivity contribution in [2.24, 2.45) is 5.92 Å². The smallest absolute Gasteiger partial charge is 0.0231 e. The molecule has 18 heavy (non-hydrogen) atoms. The third-order valence-corrected chi connectivity index (χ3v) is 3.85. The Hall–Kier alpha value is -0.380. The Morgan fingerprint density at radius 1 is 1.17 bits per heavy atom. The third kappa shape index (κ3) is 5.98. The van der Waals surface area contributed by atoms with Gasteiger partial charge < -0.3 is 10.2 Å². The van der Waals surface area contributed by atoms with E-state index in [4.69, 9.17) is 0 Å². The number of hydrogen-bond donors (Lipinski definition) is 1. The summed E-state index contributed by atoms with van der Waals surface area (Å²) in [7, 11) is 2.17. The average molecular weight is 313 g/mol. The molecule has 3 heteroatoms. The molecule has 0 saturated heterocycles. The van der Waals surface area contributed by atoms with Gasteiger partial charge in [0.1, 0.15) is 0 Å². The first-order chi connectivity index (χ1) is 8.49. The number of likely N-dealkylation sites (N-methyl/N-ethyl adjacent to an activating group) is 1. The minimum Gasteiger partial charge on any atom is -0.313 e. The van der Waals surface area contributed by atoms with Crippen LogP contribution in [0.3, 0.4) is 0 Å². The second kappa shape index (κ2) is 7.93. The Balaban J connectivity index is 2.25. The van der Waals surface area contributed by atoms with Crippen LogP contribution < -0.4 is 5.32 Å². The third-order valence-electron chi connectivity index (χ3n) is 3.33. The fourth-order valence-corrected chi connectivity index (χ4v) is 1.96. The van der Waals surface area contributed by atoms with Gasteiger partial charge in [-0.25, -0.2) is 0 Å². The maximum absolute atomic E-state index is 3.56. The minimum atomic E-state index is 0.589. The molecule has 1 N–H and O–H groups in total. The van der Waals surface area contributed by atoms with Crippen molar-refractivity contribution in [2.45, 2.75) is 33.4 Å². The van der Waals surface area contributed by atoms with Crippen molar-refractivity contribution in [3.05, 3.63) is 34.3 Å². The van der Waals surface area contributed by atoms with E-state index in [0.717, 1.165) is 24.1 Å². The summed E-state index contributed by atoms with van der Waals surface area (Å²) in [4.78, 5) is 2.35. The Labute approximate surface area is 120 Å². The van der Waals surface area contributed by atoms with Crippen molar-refractivity contribution in [1.82, 2.24) is 10.2 Å². The number of hydrogen-bond acceptors (Lipinski definition) is 2. The van der Waals surface area contributed by atoms with Crippen LogP contribution in [0.1, 0.15) is 26.3 Å². The van der Waals surface area contributed by atoms with Crippen molar-refractivity contribution < 1.29 is 0 Å². The Kier molecular flexibility index (Phi) is 6.90. The standard InChI is InChI=1S/C15H25BrN2/c1-12(2)13(3)17-9-10-18(4)11-14-5-7-15(16)8-6-14/h5-8,12-13,17H,9-11H2,1-4H3. The lowest BCUT2D eigenvalue weighted by molar-refractivity contribution is 0.308. The molecule has 0 aliphatic heterocycles. The SMILES string of the molecule is CC(C)C(C)NCCN(C)Cc1ccc(Br)cc1. The van der Waals surface area contributed by atoms with E-state index in [9.17, 15) is 0 Å². The zero-order chi connectivity index (χ0) is 13.5. The molecule has 1 aromatic carbocycles. The fourth-order valence-electron chi connectivity index (χ4n) is 1.70. The zero-order valence-corrected chi connectivity index (χ0v) is 13.5. The molecule has 0 bridgehead atoms. The lowest BCUT2D eigenvalue weighted by Crippen LogP contribution is -2.36. The van der Waals surface area contributed by atoms with Gasteiger partial charge >= 0.3 is 0 Å². The first-order valence-electron chi connectivity index (χ1n) is 6.65. The number of benzene rings is 1. The molecule has 0 amide bonds. The first kappa shape index (κ1) is 15.7. The number of halogens is 1. The molecule has 0 spiro atoms. The van der Waals surface area contributed by atoms with Crippen molar-refractivity contribution >= 4 is 15.9 Å². The Morgan fingerprint density at radius 3 is 2.33 bits per heavy atom. The van der Waals surface area contributed by atoms with Crippen LogP contribution in [0.25, 0.3) is 0 Å². The van der Waals surface area contributed by atoms with Gasteiger partial charge in [-0.3, -0.25) is 0 Å². The number of nitrogens with one attached hydrogen (secondary N) is 1. The molecule has 102 valence electrons. The molecule has 1 aromatic rings. The van der Waals surface area contributed by atoms with E-state index in [2.05, 4.69) is 78.2 Å². The van der Waals surface area contributed by atoms with Crippen LogP contribution >= 0.6 is 15.9 Å². The van der Waals surface area contributed by atoms with E-state index in [-0.39, 0.29) is 0 Å². The Morgan fingerprint density at radius 2 is 1.78 bits per heavy atom. The summed E-state index contributed by atoms with van der Waals surface area (Å²) in [5, 5.41) is 3.56. The molecular weight excluding hydrogens is 288 g/mol. The summed E-state index contributed by atoms with van der Waals surface area (Å²) in [5.74, 6) is 0.696. The highest BCUT2D eigenvalue weighted by Gasteiger charge is 2.06. The fraction of sp³-hybridized carbons (Fsp3) is 0.600. The number of rotatable bonds is 7. The summed E-state index contributed by atoms with van der Waals surface area (Å²) in [5.41, 5.74) is 1.36. The number of nitrogens with zero attached hydrogens (tertiary/aromatic N) is 1. The molecule has 0 heterocycles. The second-order valence-corrected chi connectivity index (χ2v) is 6.27. The quantitative estimate of drug-likeness (QED) is 0.828. The monoisotopic (exact) mass is 312 g/mol. The van der Waals surface area contributed by atoms with Crippen molar-refractivity contribution in [3.63, 3.8) is 0 Å². The van der Waals surface area contributed by atoms with Crippen LogP contribution in [0.15, 0.2) is 28.7 Å². The van der Waals surface area contributed by atoms with Crippen LogP contribution in [0.2, 0.25) is 0 Å². The van der Waals surface area contributed by atoms with Gasteiger partial charge in [-0.1, -0.05) is 41.9 Å². The summed E-state index contributed by atoms with van der Waals surface area (Å²) in [6.07, 6.45) is 0. The van der Waals surface area contributed by atoms with Crippen LogP contribution in [0.5, 0.6) is 0 Å². The van der Waals surface area contributed by atoms with Gasteiger partial charge in [0.15, 0.2) is 0 Å². The second-order valence-electron chi connectivity index (χ2n) is 5.35. The van der Waals surface area contributed by atoms with Gasteiger partial charge in [-0.2, -0.15) is 0 Å². The van der Waals surface area contributed by atoms with E-state index in [1.807, 2.05) is 0 Å². The molecule has 1 atom stereocenters. The van der Waals surface area contributed by atoms with Crippen molar-refractivity contribution in [2.75, 3.05) is 20.1 Å². The first-order valence-corrected chi connectivity index (χ1v) is 7.44. The molecule has 0 saturated carbocycles. The molecule has 0 aliphatic rings. The van der Waals surface area contributed by atoms with Crippen LogP contribution in [0, 0.1) is 5.92 Å². The lowest BCUT2D eigenvalue weighted by atomic mass is 10.1. The predicted molar refractivity (Wildman–Crippen MR) is 82.8 cm³/mol. The predicted octanol–water partition coefficient (Wildman–Crippen LogP) is 3.52. The summed E-state index contributed by atoms with van der Waals surface area (Å²) in [6, 6.07) is 9.13. The zero-order valence-electron chi connectivity index (χ0n) is 11.9. The highest BCUT2D eigenvalue weighted by Crippen LogP contribution is 2.11. The van der Waals surface area contributed by atoms with Crippen LogP contribution in [0.4, 0.5) is 0 Å². The van der Waals surface area contributed by atoms with E-state index >= 15 is 0 Å². The van der Waals surface area contributed by atoms with Gasteiger partial charge in [0.05, 0.1) is 0 Å². The molecule has 0 fully saturated rings. The largest absolute Gasteiger partial charge is 0.313 e. The molecule has 0 radical (unpaired) electrons. The highest BCUT2D eigenvalue weighted by atomic mass is 79.9. The van der Waals surface area contributed by atoms with Gasteiger partial charge in [-0.05, 0) is 37.6 Å². The van der Waals surface area contributed by atoms with Crippen molar-refractivity contribution in [1.29, 1.82) is 0 Å². The molecule has 0 aliphatic carbocycles. The normalized spacial score (nSPS) is 13.3. The molecule has 2 nitrogen and oxygen atoms in total. The minimum absolute atomic E-state index is 0.589. The maximum Gasteiger partial charge on any atom is 0.0231 e. The molecule has 1 rings (SSSR count). The molecule has 0 aromatic heterocycles. The van der Waals surface area contributed by atoms with Crippen LogP contribution in [-0.2, 0) is 6.54 Å². The van der Waals surface area contributed by atoms with E-state index in [1.54, 1.807) is 0 Å².